The summed E-state index contributed by atoms with van der Waals surface area (Å²) in [6, 6.07) is 11.6. The molecule has 0 amide bonds. The van der Waals surface area contributed by atoms with Crippen LogP contribution in [-0.2, 0) is 0 Å². The van der Waals surface area contributed by atoms with Gasteiger partial charge in [0.2, 0.25) is 0 Å². The molecule has 0 saturated carbocycles. The highest BCUT2D eigenvalue weighted by Crippen LogP contribution is 2.32. The van der Waals surface area contributed by atoms with E-state index in [-0.39, 0.29) is 11.4 Å². The van der Waals surface area contributed by atoms with Crippen LogP contribution in [0.25, 0.3) is 0 Å². The summed E-state index contributed by atoms with van der Waals surface area (Å²) >= 11 is 3.35. The molecule has 0 radical (unpaired) electrons. The zero-order valence-electron chi connectivity index (χ0n) is 9.17. The van der Waals surface area contributed by atoms with E-state index in [1.54, 1.807) is 6.07 Å². The molecule has 0 aliphatic rings. The Morgan fingerprint density at radius 3 is 2.56 bits per heavy atom. The van der Waals surface area contributed by atoms with Crippen molar-refractivity contribution in [3.05, 3.63) is 57.1 Å². The van der Waals surface area contributed by atoms with E-state index in [9.17, 15) is 10.1 Å². The van der Waals surface area contributed by atoms with Gasteiger partial charge in [0.15, 0.2) is 0 Å². The average Bonchev–Trinajstić information content (AvgIpc) is 2.32. The molecule has 0 spiro atoms. The van der Waals surface area contributed by atoms with Crippen LogP contribution in [-0.4, -0.2) is 4.92 Å². The number of hydrogen-bond acceptors (Lipinski definition) is 4. The number of anilines is 1. The highest BCUT2D eigenvalue weighted by molar-refractivity contribution is 9.10. The largest absolute Gasteiger partial charge is 0.456 e. The smallest absolute Gasteiger partial charge is 0.292 e. The SMILES string of the molecule is Nc1cc(Oc2ccccc2Br)ccc1[N+](=O)[O-]. The summed E-state index contributed by atoms with van der Waals surface area (Å²) in [5, 5.41) is 10.6. The Balaban J connectivity index is 2.29. The van der Waals surface area contributed by atoms with Gasteiger partial charge in [0.1, 0.15) is 17.2 Å². The minimum absolute atomic E-state index is 0.0737. The van der Waals surface area contributed by atoms with E-state index >= 15 is 0 Å². The maximum atomic E-state index is 10.6. The lowest BCUT2D eigenvalue weighted by molar-refractivity contribution is -0.383. The molecule has 0 bridgehead atoms. The maximum absolute atomic E-state index is 10.6. The highest BCUT2D eigenvalue weighted by atomic mass is 79.9. The van der Waals surface area contributed by atoms with E-state index in [0.717, 1.165) is 4.47 Å². The predicted molar refractivity (Wildman–Crippen MR) is 71.7 cm³/mol. The van der Waals surface area contributed by atoms with Crippen LogP contribution in [0.5, 0.6) is 11.5 Å². The van der Waals surface area contributed by atoms with Crippen LogP contribution >= 0.6 is 15.9 Å². The molecule has 2 N–H and O–H groups in total. The molecule has 5 nitrogen and oxygen atoms in total. The number of nitro benzene ring substituents is 1. The minimum atomic E-state index is -0.530. The number of benzene rings is 2. The van der Waals surface area contributed by atoms with Gasteiger partial charge in [0, 0.05) is 12.1 Å². The van der Waals surface area contributed by atoms with Gasteiger partial charge in [-0.1, -0.05) is 12.1 Å². The van der Waals surface area contributed by atoms with Crippen LogP contribution in [0.2, 0.25) is 0 Å². The van der Waals surface area contributed by atoms with Crippen LogP contribution in [0.3, 0.4) is 0 Å². The van der Waals surface area contributed by atoms with Crippen LogP contribution in [0, 0.1) is 10.1 Å². The number of nitrogens with two attached hydrogens (primary N) is 1. The third-order valence-electron chi connectivity index (χ3n) is 2.26. The molecule has 2 aromatic carbocycles. The van der Waals surface area contributed by atoms with Crippen molar-refractivity contribution in [1.82, 2.24) is 0 Å². The Morgan fingerprint density at radius 1 is 1.22 bits per heavy atom. The summed E-state index contributed by atoms with van der Waals surface area (Å²) in [6.07, 6.45) is 0. The number of ether oxygens (including phenoxy) is 1. The standard InChI is InChI=1S/C12H9BrN2O3/c13-9-3-1-2-4-12(9)18-8-5-6-11(15(16)17)10(14)7-8/h1-7H,14H2. The number of nitro groups is 1. The Hall–Kier alpha value is -2.08. The van der Waals surface area contributed by atoms with Gasteiger partial charge in [-0.2, -0.15) is 0 Å². The van der Waals surface area contributed by atoms with Crippen LogP contribution in [0.1, 0.15) is 0 Å². The van der Waals surface area contributed by atoms with Crippen molar-refractivity contribution in [2.75, 3.05) is 5.73 Å². The number of hydrogen-bond donors (Lipinski definition) is 1. The van der Waals surface area contributed by atoms with Crippen molar-refractivity contribution in [1.29, 1.82) is 0 Å². The first-order valence-corrected chi connectivity index (χ1v) is 5.83. The molecule has 0 heterocycles. The fraction of sp³-hybridized carbons (Fsp3) is 0. The summed E-state index contributed by atoms with van der Waals surface area (Å²) in [5.74, 6) is 1.07. The van der Waals surface area contributed by atoms with Gasteiger partial charge < -0.3 is 10.5 Å². The van der Waals surface area contributed by atoms with Crippen molar-refractivity contribution in [3.8, 4) is 11.5 Å². The molecule has 18 heavy (non-hydrogen) atoms. The Kier molecular flexibility index (Phi) is 3.47. The van der Waals surface area contributed by atoms with Gasteiger partial charge in [0.25, 0.3) is 5.69 Å². The average molecular weight is 309 g/mol. The number of nitrogen functional groups attached to an aromatic ring is 1. The van der Waals surface area contributed by atoms with Crippen molar-refractivity contribution in [3.63, 3.8) is 0 Å². The van der Waals surface area contributed by atoms with E-state index in [1.165, 1.54) is 18.2 Å². The van der Waals surface area contributed by atoms with Crippen LogP contribution in [0.4, 0.5) is 11.4 Å². The van der Waals surface area contributed by atoms with Gasteiger partial charge in [-0.3, -0.25) is 10.1 Å². The molecule has 0 atom stereocenters. The molecule has 0 aliphatic heterocycles. The zero-order valence-corrected chi connectivity index (χ0v) is 10.8. The van der Waals surface area contributed by atoms with Gasteiger partial charge in [0.05, 0.1) is 9.40 Å². The molecule has 2 rings (SSSR count). The third kappa shape index (κ3) is 2.60. The molecule has 92 valence electrons. The molecule has 0 unspecified atom stereocenters. The van der Waals surface area contributed by atoms with Crippen molar-refractivity contribution >= 4 is 27.3 Å². The van der Waals surface area contributed by atoms with Gasteiger partial charge in [-0.15, -0.1) is 0 Å². The van der Waals surface area contributed by atoms with Crippen LogP contribution < -0.4 is 10.5 Å². The monoisotopic (exact) mass is 308 g/mol. The van der Waals surface area contributed by atoms with E-state index in [1.807, 2.05) is 18.2 Å². The van der Waals surface area contributed by atoms with E-state index in [2.05, 4.69) is 15.9 Å². The van der Waals surface area contributed by atoms with Crippen LogP contribution in [0.15, 0.2) is 46.9 Å². The van der Waals surface area contributed by atoms with Gasteiger partial charge >= 0.3 is 0 Å². The van der Waals surface area contributed by atoms with E-state index in [0.29, 0.717) is 11.5 Å². The lowest BCUT2D eigenvalue weighted by atomic mass is 10.2. The maximum Gasteiger partial charge on any atom is 0.292 e. The minimum Gasteiger partial charge on any atom is -0.456 e. The Labute approximate surface area is 111 Å². The van der Waals surface area contributed by atoms with Crippen molar-refractivity contribution < 1.29 is 9.66 Å². The number of para-hydroxylation sites is 1. The first kappa shape index (κ1) is 12.4. The van der Waals surface area contributed by atoms with E-state index in [4.69, 9.17) is 10.5 Å². The second-order valence-electron chi connectivity index (χ2n) is 3.51. The summed E-state index contributed by atoms with van der Waals surface area (Å²) in [5.41, 5.74) is 5.52. The van der Waals surface area contributed by atoms with E-state index < -0.39 is 4.92 Å². The van der Waals surface area contributed by atoms with Gasteiger partial charge in [-0.25, -0.2) is 0 Å². The van der Waals surface area contributed by atoms with Gasteiger partial charge in [-0.05, 0) is 34.1 Å². The normalized spacial score (nSPS) is 10.1. The zero-order chi connectivity index (χ0) is 13.1. The topological polar surface area (TPSA) is 78.4 Å². The number of nitrogens with zero attached hydrogens (tertiary/aromatic N) is 1. The molecule has 0 saturated heterocycles. The summed E-state index contributed by atoms with van der Waals surface area (Å²) in [4.78, 5) is 10.1. The molecule has 0 fully saturated rings. The highest BCUT2D eigenvalue weighted by Gasteiger charge is 2.12. The number of halogens is 1. The third-order valence-corrected chi connectivity index (χ3v) is 2.92. The summed E-state index contributed by atoms with van der Waals surface area (Å²) in [7, 11) is 0. The summed E-state index contributed by atoms with van der Waals surface area (Å²) < 4.78 is 6.37. The first-order chi connectivity index (χ1) is 8.58. The number of rotatable bonds is 3. The fourth-order valence-electron chi connectivity index (χ4n) is 1.42. The fourth-order valence-corrected chi connectivity index (χ4v) is 1.78. The second kappa shape index (κ2) is 5.05. The van der Waals surface area contributed by atoms with Crippen molar-refractivity contribution in [2.45, 2.75) is 0 Å². The lowest BCUT2D eigenvalue weighted by Crippen LogP contribution is -1.96. The lowest BCUT2D eigenvalue weighted by Gasteiger charge is -2.08. The first-order valence-electron chi connectivity index (χ1n) is 5.04. The molecule has 0 aliphatic carbocycles. The Morgan fingerprint density at radius 2 is 1.94 bits per heavy atom. The molecule has 6 heteroatoms. The predicted octanol–water partition coefficient (Wildman–Crippen LogP) is 3.73. The molecular weight excluding hydrogens is 300 g/mol. The quantitative estimate of drug-likeness (QED) is 0.532. The second-order valence-corrected chi connectivity index (χ2v) is 4.36. The molecular formula is C12H9BrN2O3. The molecule has 0 aromatic heterocycles. The molecule has 2 aromatic rings. The Bertz CT molecular complexity index is 602. The van der Waals surface area contributed by atoms with Crippen molar-refractivity contribution in [2.24, 2.45) is 0 Å². The summed E-state index contributed by atoms with van der Waals surface area (Å²) in [6.45, 7) is 0.